The maximum atomic E-state index is 13.2. The molecule has 2 aromatic heterocycles. The van der Waals surface area contributed by atoms with E-state index >= 15 is 0 Å². The van der Waals surface area contributed by atoms with Crippen molar-refractivity contribution in [2.75, 3.05) is 7.11 Å². The Morgan fingerprint density at radius 1 is 1.13 bits per heavy atom. The normalized spacial score (nSPS) is 11.0. The monoisotopic (exact) mass is 402 g/mol. The number of hydrogen-bond donors (Lipinski definition) is 0. The van der Waals surface area contributed by atoms with Gasteiger partial charge in [-0.1, -0.05) is 36.4 Å². The Balaban J connectivity index is 2.01. The van der Waals surface area contributed by atoms with E-state index in [9.17, 15) is 9.59 Å². The van der Waals surface area contributed by atoms with Crippen molar-refractivity contribution in [1.29, 1.82) is 0 Å². The highest BCUT2D eigenvalue weighted by Crippen LogP contribution is 2.19. The van der Waals surface area contributed by atoms with Gasteiger partial charge in [0.25, 0.3) is 5.56 Å². The first-order valence-electron chi connectivity index (χ1n) is 9.55. The standard InChI is InChI=1S/C23H22N4O3/c1-4-12-26-22(28)20-21(24-15-25(20)14-17-9-6-5-8-16(17)2)27(23(26)29)18-10-7-11-19(13-18)30-3/h4-11,13,15H,1,12,14H2,2-3H3. The van der Waals surface area contributed by atoms with Crippen LogP contribution in [0.5, 0.6) is 5.75 Å². The van der Waals surface area contributed by atoms with Crippen LogP contribution in [0.3, 0.4) is 0 Å². The maximum Gasteiger partial charge on any atom is 0.337 e. The summed E-state index contributed by atoms with van der Waals surface area (Å²) >= 11 is 0. The molecule has 0 bridgehead atoms. The highest BCUT2D eigenvalue weighted by Gasteiger charge is 2.19. The third-order valence-corrected chi connectivity index (χ3v) is 5.13. The number of imidazole rings is 1. The van der Waals surface area contributed by atoms with Crippen molar-refractivity contribution >= 4 is 11.2 Å². The molecule has 0 fully saturated rings. The second-order valence-corrected chi connectivity index (χ2v) is 7.00. The molecule has 0 unspecified atom stereocenters. The van der Waals surface area contributed by atoms with E-state index in [1.54, 1.807) is 42.3 Å². The van der Waals surface area contributed by atoms with E-state index in [2.05, 4.69) is 11.6 Å². The summed E-state index contributed by atoms with van der Waals surface area (Å²) in [6, 6.07) is 15.1. The van der Waals surface area contributed by atoms with E-state index in [0.29, 0.717) is 29.1 Å². The Kier molecular flexibility index (Phi) is 5.10. The zero-order valence-electron chi connectivity index (χ0n) is 16.9. The van der Waals surface area contributed by atoms with Gasteiger partial charge in [-0.2, -0.15) is 0 Å². The highest BCUT2D eigenvalue weighted by atomic mass is 16.5. The first-order valence-corrected chi connectivity index (χ1v) is 9.55. The number of allylic oxidation sites excluding steroid dienone is 1. The van der Waals surface area contributed by atoms with Gasteiger partial charge in [-0.3, -0.25) is 9.36 Å². The molecule has 0 atom stereocenters. The summed E-state index contributed by atoms with van der Waals surface area (Å²) in [5.74, 6) is 0.605. The van der Waals surface area contributed by atoms with Gasteiger partial charge in [0, 0.05) is 19.2 Å². The van der Waals surface area contributed by atoms with Gasteiger partial charge in [-0.05, 0) is 30.2 Å². The number of nitrogens with zero attached hydrogens (tertiary/aromatic N) is 4. The molecule has 0 amide bonds. The van der Waals surface area contributed by atoms with Gasteiger partial charge < -0.3 is 9.30 Å². The third-order valence-electron chi connectivity index (χ3n) is 5.13. The lowest BCUT2D eigenvalue weighted by atomic mass is 10.1. The molecular weight excluding hydrogens is 380 g/mol. The Morgan fingerprint density at radius 3 is 2.67 bits per heavy atom. The van der Waals surface area contributed by atoms with Crippen LogP contribution < -0.4 is 16.0 Å². The van der Waals surface area contributed by atoms with Gasteiger partial charge in [0.1, 0.15) is 5.75 Å². The van der Waals surface area contributed by atoms with Crippen LogP contribution in [-0.2, 0) is 13.1 Å². The second kappa shape index (κ2) is 7.87. The Bertz CT molecular complexity index is 1360. The lowest BCUT2D eigenvalue weighted by Crippen LogP contribution is -2.39. The Labute approximate surface area is 173 Å². The molecule has 7 heteroatoms. The fourth-order valence-corrected chi connectivity index (χ4v) is 3.54. The summed E-state index contributed by atoms with van der Waals surface area (Å²) in [6.45, 7) is 6.29. The number of benzene rings is 2. The van der Waals surface area contributed by atoms with E-state index < -0.39 is 5.69 Å². The van der Waals surface area contributed by atoms with Crippen molar-refractivity contribution in [3.63, 3.8) is 0 Å². The van der Waals surface area contributed by atoms with Crippen molar-refractivity contribution in [2.45, 2.75) is 20.0 Å². The Morgan fingerprint density at radius 2 is 1.93 bits per heavy atom. The van der Waals surface area contributed by atoms with Crippen LogP contribution in [0, 0.1) is 6.92 Å². The first kappa shape index (κ1) is 19.4. The highest BCUT2D eigenvalue weighted by molar-refractivity contribution is 5.72. The number of aromatic nitrogens is 4. The summed E-state index contributed by atoms with van der Waals surface area (Å²) in [7, 11) is 1.56. The lowest BCUT2D eigenvalue weighted by molar-refractivity contribution is 0.414. The average molecular weight is 402 g/mol. The van der Waals surface area contributed by atoms with Gasteiger partial charge in [0.2, 0.25) is 0 Å². The van der Waals surface area contributed by atoms with Gasteiger partial charge in [0.15, 0.2) is 11.2 Å². The molecule has 152 valence electrons. The molecule has 2 aromatic carbocycles. The number of methoxy groups -OCH3 is 1. The topological polar surface area (TPSA) is 71.1 Å². The van der Waals surface area contributed by atoms with Crippen LogP contribution in [0.2, 0.25) is 0 Å². The molecule has 30 heavy (non-hydrogen) atoms. The zero-order valence-corrected chi connectivity index (χ0v) is 16.9. The largest absolute Gasteiger partial charge is 0.497 e. The van der Waals surface area contributed by atoms with Crippen molar-refractivity contribution in [1.82, 2.24) is 18.7 Å². The van der Waals surface area contributed by atoms with Crippen LogP contribution in [0.1, 0.15) is 11.1 Å². The maximum absolute atomic E-state index is 13.2. The van der Waals surface area contributed by atoms with Crippen LogP contribution in [-0.4, -0.2) is 25.8 Å². The fraction of sp³-hybridized carbons (Fsp3) is 0.174. The molecule has 0 aliphatic heterocycles. The molecule has 0 radical (unpaired) electrons. The average Bonchev–Trinajstić information content (AvgIpc) is 3.16. The molecule has 0 N–H and O–H groups in total. The van der Waals surface area contributed by atoms with E-state index in [4.69, 9.17) is 4.74 Å². The lowest BCUT2D eigenvalue weighted by Gasteiger charge is -2.13. The molecular formula is C23H22N4O3. The van der Waals surface area contributed by atoms with Crippen molar-refractivity contribution < 1.29 is 4.74 Å². The number of rotatable bonds is 6. The quantitative estimate of drug-likeness (QED) is 0.465. The predicted octanol–water partition coefficient (Wildman–Crippen LogP) is 2.90. The van der Waals surface area contributed by atoms with Crippen LogP contribution >= 0.6 is 0 Å². The molecule has 4 aromatic rings. The summed E-state index contributed by atoms with van der Waals surface area (Å²) in [5.41, 5.74) is 2.58. The van der Waals surface area contributed by atoms with Crippen molar-refractivity contribution in [3.8, 4) is 11.4 Å². The van der Waals surface area contributed by atoms with E-state index in [1.165, 1.54) is 15.2 Å². The zero-order chi connectivity index (χ0) is 21.3. The molecule has 0 saturated carbocycles. The first-order chi connectivity index (χ1) is 14.5. The minimum atomic E-state index is -0.471. The Hall–Kier alpha value is -3.87. The van der Waals surface area contributed by atoms with Gasteiger partial charge in [-0.15, -0.1) is 6.58 Å². The molecule has 7 nitrogen and oxygen atoms in total. The number of hydrogen-bond acceptors (Lipinski definition) is 4. The fourth-order valence-electron chi connectivity index (χ4n) is 3.54. The third kappa shape index (κ3) is 3.24. The molecule has 4 rings (SSSR count). The van der Waals surface area contributed by atoms with Crippen molar-refractivity contribution in [3.05, 3.63) is 99.5 Å². The van der Waals surface area contributed by atoms with E-state index in [0.717, 1.165) is 11.1 Å². The second-order valence-electron chi connectivity index (χ2n) is 7.00. The number of fused-ring (bicyclic) bond motifs is 1. The molecule has 2 heterocycles. The predicted molar refractivity (Wildman–Crippen MR) is 117 cm³/mol. The van der Waals surface area contributed by atoms with Crippen molar-refractivity contribution in [2.24, 2.45) is 0 Å². The molecule has 0 aliphatic rings. The molecule has 0 aliphatic carbocycles. The van der Waals surface area contributed by atoms with Crippen LogP contribution in [0.4, 0.5) is 0 Å². The summed E-state index contributed by atoms with van der Waals surface area (Å²) in [6.07, 6.45) is 3.14. The summed E-state index contributed by atoms with van der Waals surface area (Å²) < 4.78 is 9.70. The molecule has 0 spiro atoms. The summed E-state index contributed by atoms with van der Waals surface area (Å²) in [4.78, 5) is 30.9. The van der Waals surface area contributed by atoms with Crippen LogP contribution in [0.15, 0.2) is 77.1 Å². The van der Waals surface area contributed by atoms with E-state index in [-0.39, 0.29) is 12.1 Å². The molecule has 0 saturated heterocycles. The van der Waals surface area contributed by atoms with Gasteiger partial charge in [0.05, 0.1) is 19.1 Å². The van der Waals surface area contributed by atoms with Crippen LogP contribution in [0.25, 0.3) is 16.9 Å². The SMILES string of the molecule is C=CCn1c(=O)c2c(ncn2Cc2ccccc2C)n(-c2cccc(OC)c2)c1=O. The minimum absolute atomic E-state index is 0.104. The van der Waals surface area contributed by atoms with Gasteiger partial charge in [-0.25, -0.2) is 14.3 Å². The number of ether oxygens (including phenoxy) is 1. The summed E-state index contributed by atoms with van der Waals surface area (Å²) in [5, 5.41) is 0. The minimum Gasteiger partial charge on any atom is -0.497 e. The van der Waals surface area contributed by atoms with Gasteiger partial charge >= 0.3 is 5.69 Å². The smallest absolute Gasteiger partial charge is 0.337 e. The van der Waals surface area contributed by atoms with E-state index in [1.807, 2.05) is 31.2 Å². The number of aryl methyl sites for hydroxylation is 1.